The first kappa shape index (κ1) is 15.8. The Labute approximate surface area is 120 Å². The molecule has 1 unspecified atom stereocenters. The number of hydrogen-bond donors (Lipinski definition) is 2. The molecule has 0 aromatic heterocycles. The third kappa shape index (κ3) is 5.15. The van der Waals surface area contributed by atoms with Crippen LogP contribution in [0.5, 0.6) is 0 Å². The van der Waals surface area contributed by atoms with Gasteiger partial charge in [0.2, 0.25) is 0 Å². The molecular weight excluding hydrogens is 267 g/mol. The smallest absolute Gasteiger partial charge is 0.0453 e. The lowest BCUT2D eigenvalue weighted by Crippen LogP contribution is -2.32. The van der Waals surface area contributed by atoms with Gasteiger partial charge in [-0.2, -0.15) is 0 Å². The van der Waals surface area contributed by atoms with Gasteiger partial charge in [-0.3, -0.25) is 0 Å². The van der Waals surface area contributed by atoms with E-state index >= 15 is 0 Å². The molecule has 0 bridgehead atoms. The second-order valence-electron chi connectivity index (χ2n) is 4.93. The second-order valence-corrected chi connectivity index (χ2v) is 5.77. The maximum Gasteiger partial charge on any atom is 0.0453 e. The van der Waals surface area contributed by atoms with E-state index in [0.717, 1.165) is 36.6 Å². The molecule has 0 spiro atoms. The molecule has 1 aromatic carbocycles. The molecule has 1 atom stereocenters. The van der Waals surface area contributed by atoms with Gasteiger partial charge < -0.3 is 11.1 Å². The molecule has 102 valence electrons. The van der Waals surface area contributed by atoms with Gasteiger partial charge in [-0.15, -0.1) is 0 Å². The number of nitrogens with one attached hydrogen (secondary N) is 1. The van der Waals surface area contributed by atoms with Crippen LogP contribution in [-0.2, 0) is 6.42 Å². The normalized spacial score (nSPS) is 13.0. The Morgan fingerprint density at radius 3 is 2.56 bits per heavy atom. The first-order valence-corrected chi connectivity index (χ1v) is 7.15. The molecule has 0 aliphatic carbocycles. The second kappa shape index (κ2) is 8.00. The molecule has 0 saturated carbocycles. The van der Waals surface area contributed by atoms with Gasteiger partial charge in [0.15, 0.2) is 0 Å². The zero-order valence-electron chi connectivity index (χ0n) is 11.0. The first-order chi connectivity index (χ1) is 8.54. The molecule has 2 nitrogen and oxygen atoms in total. The molecule has 0 aliphatic rings. The van der Waals surface area contributed by atoms with E-state index < -0.39 is 0 Å². The van der Waals surface area contributed by atoms with Crippen LogP contribution in [0.4, 0.5) is 0 Å². The third-order valence-electron chi connectivity index (χ3n) is 3.24. The van der Waals surface area contributed by atoms with Crippen LogP contribution >= 0.6 is 23.2 Å². The van der Waals surface area contributed by atoms with Crippen molar-refractivity contribution in [1.29, 1.82) is 0 Å². The van der Waals surface area contributed by atoms with Gasteiger partial charge in [-0.1, -0.05) is 43.1 Å². The van der Waals surface area contributed by atoms with E-state index in [1.807, 2.05) is 12.1 Å². The molecule has 0 amide bonds. The Bertz CT molecular complexity index is 367. The van der Waals surface area contributed by atoms with E-state index in [2.05, 4.69) is 19.2 Å². The SMILES string of the molecule is CC(C)C(CN)CNCCc1ccc(Cl)cc1Cl. The predicted octanol–water partition coefficient (Wildman–Crippen LogP) is 3.36. The highest BCUT2D eigenvalue weighted by Gasteiger charge is 2.10. The fourth-order valence-electron chi connectivity index (χ4n) is 1.83. The molecule has 0 aliphatic heterocycles. The molecule has 3 N–H and O–H groups in total. The van der Waals surface area contributed by atoms with E-state index in [-0.39, 0.29) is 0 Å². The van der Waals surface area contributed by atoms with Crippen LogP contribution in [0.2, 0.25) is 10.0 Å². The van der Waals surface area contributed by atoms with Crippen LogP contribution in [0.15, 0.2) is 18.2 Å². The van der Waals surface area contributed by atoms with Crippen molar-refractivity contribution in [2.75, 3.05) is 19.6 Å². The van der Waals surface area contributed by atoms with Crippen LogP contribution in [-0.4, -0.2) is 19.6 Å². The van der Waals surface area contributed by atoms with Crippen molar-refractivity contribution in [2.45, 2.75) is 20.3 Å². The van der Waals surface area contributed by atoms with Crippen LogP contribution in [0.25, 0.3) is 0 Å². The lowest BCUT2D eigenvalue weighted by molar-refractivity contribution is 0.372. The standard InChI is InChI=1S/C14H22Cl2N2/c1-10(2)12(8-17)9-18-6-5-11-3-4-13(15)7-14(11)16/h3-4,7,10,12,18H,5-6,8-9,17H2,1-2H3. The Morgan fingerprint density at radius 1 is 1.28 bits per heavy atom. The highest BCUT2D eigenvalue weighted by Crippen LogP contribution is 2.21. The van der Waals surface area contributed by atoms with Crippen LogP contribution in [0, 0.1) is 11.8 Å². The molecular formula is C14H22Cl2N2. The topological polar surface area (TPSA) is 38.0 Å². The summed E-state index contributed by atoms with van der Waals surface area (Å²) in [7, 11) is 0. The minimum Gasteiger partial charge on any atom is -0.330 e. The Hall–Kier alpha value is -0.280. The van der Waals surface area contributed by atoms with Gasteiger partial charge in [-0.05, 0) is 55.6 Å². The first-order valence-electron chi connectivity index (χ1n) is 6.39. The number of halogens is 2. The van der Waals surface area contributed by atoms with Gasteiger partial charge >= 0.3 is 0 Å². The van der Waals surface area contributed by atoms with Crippen molar-refractivity contribution in [1.82, 2.24) is 5.32 Å². The summed E-state index contributed by atoms with van der Waals surface area (Å²) in [5, 5.41) is 4.86. The maximum atomic E-state index is 6.12. The minimum absolute atomic E-state index is 0.533. The van der Waals surface area contributed by atoms with E-state index in [4.69, 9.17) is 28.9 Å². The zero-order chi connectivity index (χ0) is 13.5. The lowest BCUT2D eigenvalue weighted by atomic mass is 9.96. The van der Waals surface area contributed by atoms with Gasteiger partial charge in [0.05, 0.1) is 0 Å². The molecule has 0 saturated heterocycles. The summed E-state index contributed by atoms with van der Waals surface area (Å²) >= 11 is 12.0. The predicted molar refractivity (Wildman–Crippen MR) is 80.4 cm³/mol. The average molecular weight is 289 g/mol. The van der Waals surface area contributed by atoms with Crippen molar-refractivity contribution >= 4 is 23.2 Å². The van der Waals surface area contributed by atoms with Crippen LogP contribution in [0.1, 0.15) is 19.4 Å². The fraction of sp³-hybridized carbons (Fsp3) is 0.571. The summed E-state index contributed by atoms with van der Waals surface area (Å²) in [5.74, 6) is 1.15. The summed E-state index contributed by atoms with van der Waals surface area (Å²) in [6.45, 7) is 7.00. The van der Waals surface area contributed by atoms with Gasteiger partial charge in [-0.25, -0.2) is 0 Å². The van der Waals surface area contributed by atoms with Crippen LogP contribution in [0.3, 0.4) is 0 Å². The summed E-state index contributed by atoms with van der Waals surface area (Å²) < 4.78 is 0. The molecule has 1 aromatic rings. The number of nitrogens with two attached hydrogens (primary N) is 1. The van der Waals surface area contributed by atoms with E-state index in [0.29, 0.717) is 16.9 Å². The van der Waals surface area contributed by atoms with E-state index in [1.165, 1.54) is 0 Å². The largest absolute Gasteiger partial charge is 0.330 e. The number of rotatable bonds is 7. The Morgan fingerprint density at radius 2 is 2.00 bits per heavy atom. The maximum absolute atomic E-state index is 6.12. The Kier molecular flexibility index (Phi) is 7.02. The minimum atomic E-state index is 0.533. The van der Waals surface area contributed by atoms with E-state index in [9.17, 15) is 0 Å². The van der Waals surface area contributed by atoms with Crippen molar-refractivity contribution in [3.63, 3.8) is 0 Å². The summed E-state index contributed by atoms with van der Waals surface area (Å²) in [6.07, 6.45) is 0.908. The van der Waals surface area contributed by atoms with Crippen molar-refractivity contribution in [3.8, 4) is 0 Å². The molecule has 4 heteroatoms. The molecule has 1 rings (SSSR count). The zero-order valence-corrected chi connectivity index (χ0v) is 12.6. The summed E-state index contributed by atoms with van der Waals surface area (Å²) in [4.78, 5) is 0. The Balaban J connectivity index is 2.33. The van der Waals surface area contributed by atoms with Gasteiger partial charge in [0.25, 0.3) is 0 Å². The summed E-state index contributed by atoms with van der Waals surface area (Å²) in [6, 6.07) is 5.64. The fourth-order valence-corrected chi connectivity index (χ4v) is 2.33. The number of hydrogen-bond acceptors (Lipinski definition) is 2. The molecule has 0 radical (unpaired) electrons. The lowest BCUT2D eigenvalue weighted by Gasteiger charge is -2.19. The quantitative estimate of drug-likeness (QED) is 0.755. The van der Waals surface area contributed by atoms with Crippen molar-refractivity contribution in [2.24, 2.45) is 17.6 Å². The molecule has 0 fully saturated rings. The van der Waals surface area contributed by atoms with Gasteiger partial charge in [0.1, 0.15) is 0 Å². The number of benzene rings is 1. The monoisotopic (exact) mass is 288 g/mol. The average Bonchev–Trinajstić information content (AvgIpc) is 2.31. The molecule has 18 heavy (non-hydrogen) atoms. The van der Waals surface area contributed by atoms with Crippen molar-refractivity contribution < 1.29 is 0 Å². The van der Waals surface area contributed by atoms with E-state index in [1.54, 1.807) is 6.07 Å². The van der Waals surface area contributed by atoms with Crippen LogP contribution < -0.4 is 11.1 Å². The summed E-state index contributed by atoms with van der Waals surface area (Å²) in [5.41, 5.74) is 6.86. The third-order valence-corrected chi connectivity index (χ3v) is 3.83. The highest BCUT2D eigenvalue weighted by molar-refractivity contribution is 6.35. The van der Waals surface area contributed by atoms with Crippen molar-refractivity contribution in [3.05, 3.63) is 33.8 Å². The molecule has 0 heterocycles. The van der Waals surface area contributed by atoms with Gasteiger partial charge in [0, 0.05) is 10.0 Å². The highest BCUT2D eigenvalue weighted by atomic mass is 35.5.